The third-order valence-corrected chi connectivity index (χ3v) is 8.22. The van der Waals surface area contributed by atoms with E-state index in [1.54, 1.807) is 26.2 Å². The molecule has 208 valence electrons. The molecule has 1 N–H and O–H groups in total. The topological polar surface area (TPSA) is 114 Å². The number of nitrogens with zero attached hydrogens (tertiary/aromatic N) is 2. The summed E-state index contributed by atoms with van der Waals surface area (Å²) in [5, 5.41) is 2.88. The standard InChI is InChI=1S/C27H37N3O7S/c1-4-5-14-28-27(32)21(2)30(19-22-6-8-23(35-3)9-7-22)26(31)20-37-24-10-12-25(13-11-24)38(33,34)29-15-17-36-18-16-29/h6-13,21H,4-5,14-20H2,1-3H3,(H,28,32)/t21-/m1/s1. The minimum Gasteiger partial charge on any atom is -0.497 e. The maximum atomic E-state index is 13.2. The van der Waals surface area contributed by atoms with Crippen LogP contribution in [0, 0.1) is 0 Å². The van der Waals surface area contributed by atoms with Crippen LogP contribution in [0.25, 0.3) is 0 Å². The Hall–Kier alpha value is -3.15. The number of sulfonamides is 1. The Morgan fingerprint density at radius 3 is 2.29 bits per heavy atom. The molecule has 0 aliphatic carbocycles. The molecule has 1 heterocycles. The maximum Gasteiger partial charge on any atom is 0.261 e. The van der Waals surface area contributed by atoms with Crippen molar-refractivity contribution in [2.24, 2.45) is 0 Å². The highest BCUT2D eigenvalue weighted by atomic mass is 32.2. The summed E-state index contributed by atoms with van der Waals surface area (Å²) in [6, 6.07) is 12.5. The molecule has 2 aromatic rings. The average molecular weight is 548 g/mol. The molecule has 0 saturated carbocycles. The molecule has 0 aromatic heterocycles. The molecule has 0 spiro atoms. The highest BCUT2D eigenvalue weighted by molar-refractivity contribution is 7.89. The van der Waals surface area contributed by atoms with Crippen LogP contribution < -0.4 is 14.8 Å². The van der Waals surface area contributed by atoms with Gasteiger partial charge in [0.25, 0.3) is 5.91 Å². The Bertz CT molecular complexity index is 1150. The van der Waals surface area contributed by atoms with Gasteiger partial charge in [0, 0.05) is 26.2 Å². The molecular weight excluding hydrogens is 510 g/mol. The summed E-state index contributed by atoms with van der Waals surface area (Å²) in [7, 11) is -2.05. The van der Waals surface area contributed by atoms with Gasteiger partial charge in [-0.25, -0.2) is 8.42 Å². The largest absolute Gasteiger partial charge is 0.497 e. The van der Waals surface area contributed by atoms with Crippen molar-refractivity contribution in [3.05, 3.63) is 54.1 Å². The molecule has 2 amide bonds. The molecule has 2 aromatic carbocycles. The number of methoxy groups -OCH3 is 1. The molecule has 1 fully saturated rings. The first-order valence-electron chi connectivity index (χ1n) is 12.8. The molecule has 1 aliphatic rings. The minimum atomic E-state index is -3.62. The zero-order chi connectivity index (χ0) is 27.5. The fourth-order valence-electron chi connectivity index (χ4n) is 3.92. The number of benzene rings is 2. The molecule has 1 saturated heterocycles. The van der Waals surface area contributed by atoms with E-state index >= 15 is 0 Å². The van der Waals surface area contributed by atoms with Crippen molar-refractivity contribution in [3.63, 3.8) is 0 Å². The lowest BCUT2D eigenvalue weighted by molar-refractivity contribution is -0.142. The first-order chi connectivity index (χ1) is 18.3. The average Bonchev–Trinajstić information content (AvgIpc) is 2.95. The molecule has 0 bridgehead atoms. The van der Waals surface area contributed by atoms with Crippen LogP contribution in [-0.4, -0.2) is 82.0 Å². The van der Waals surface area contributed by atoms with Gasteiger partial charge >= 0.3 is 0 Å². The Morgan fingerprint density at radius 1 is 1.05 bits per heavy atom. The summed E-state index contributed by atoms with van der Waals surface area (Å²) in [5.74, 6) is 0.435. The number of hydrogen-bond donors (Lipinski definition) is 1. The maximum absolute atomic E-state index is 13.2. The van der Waals surface area contributed by atoms with Crippen LogP contribution in [0.4, 0.5) is 0 Å². The summed E-state index contributed by atoms with van der Waals surface area (Å²) in [4.78, 5) is 27.6. The molecule has 0 radical (unpaired) electrons. The van der Waals surface area contributed by atoms with Crippen molar-refractivity contribution in [2.75, 3.05) is 46.6 Å². The van der Waals surface area contributed by atoms with Crippen molar-refractivity contribution >= 4 is 21.8 Å². The lowest BCUT2D eigenvalue weighted by Gasteiger charge is -2.29. The monoisotopic (exact) mass is 547 g/mol. The van der Waals surface area contributed by atoms with Gasteiger partial charge in [-0.1, -0.05) is 25.5 Å². The lowest BCUT2D eigenvalue weighted by Crippen LogP contribution is -2.49. The molecule has 1 atom stereocenters. The van der Waals surface area contributed by atoms with Crippen LogP contribution in [0.1, 0.15) is 32.3 Å². The second kappa shape index (κ2) is 14.1. The van der Waals surface area contributed by atoms with Gasteiger partial charge in [-0.15, -0.1) is 0 Å². The van der Waals surface area contributed by atoms with Crippen molar-refractivity contribution in [1.82, 2.24) is 14.5 Å². The number of ether oxygens (including phenoxy) is 3. The highest BCUT2D eigenvalue weighted by Gasteiger charge is 2.28. The number of amides is 2. The van der Waals surface area contributed by atoms with Gasteiger partial charge < -0.3 is 24.4 Å². The SMILES string of the molecule is CCCCNC(=O)[C@@H](C)N(Cc1ccc(OC)cc1)C(=O)COc1ccc(S(=O)(=O)N2CCOCC2)cc1. The van der Waals surface area contributed by atoms with E-state index in [2.05, 4.69) is 5.32 Å². The number of unbranched alkanes of at least 4 members (excludes halogenated alkanes) is 1. The quantitative estimate of drug-likeness (QED) is 0.383. The van der Waals surface area contributed by atoms with Gasteiger partial charge in [0.2, 0.25) is 15.9 Å². The summed E-state index contributed by atoms with van der Waals surface area (Å²) < 4.78 is 43.2. The first-order valence-corrected chi connectivity index (χ1v) is 14.2. The predicted octanol–water partition coefficient (Wildman–Crippen LogP) is 2.43. The number of morpholine rings is 1. The third kappa shape index (κ3) is 7.92. The van der Waals surface area contributed by atoms with Crippen LogP contribution >= 0.6 is 0 Å². The van der Waals surface area contributed by atoms with E-state index in [1.165, 1.54) is 33.5 Å². The smallest absolute Gasteiger partial charge is 0.261 e. The number of carbonyl (C=O) groups excluding carboxylic acids is 2. The molecular formula is C27H37N3O7S. The Morgan fingerprint density at radius 2 is 1.68 bits per heavy atom. The fourth-order valence-corrected chi connectivity index (χ4v) is 5.33. The van der Waals surface area contributed by atoms with E-state index in [4.69, 9.17) is 14.2 Å². The van der Waals surface area contributed by atoms with Gasteiger partial charge in [0.1, 0.15) is 17.5 Å². The summed E-state index contributed by atoms with van der Waals surface area (Å²) >= 11 is 0. The molecule has 1 aliphatic heterocycles. The minimum absolute atomic E-state index is 0.150. The van der Waals surface area contributed by atoms with Gasteiger partial charge in [0.05, 0.1) is 25.2 Å². The van der Waals surface area contributed by atoms with Crippen LogP contribution in [0.2, 0.25) is 0 Å². The molecule has 10 nitrogen and oxygen atoms in total. The van der Waals surface area contributed by atoms with Gasteiger partial charge in [0.15, 0.2) is 6.61 Å². The van der Waals surface area contributed by atoms with Crippen LogP contribution in [0.15, 0.2) is 53.4 Å². The summed E-state index contributed by atoms with van der Waals surface area (Å²) in [5.41, 5.74) is 0.838. The number of rotatable bonds is 13. The van der Waals surface area contributed by atoms with Crippen molar-refractivity contribution in [1.29, 1.82) is 0 Å². The number of hydrogen-bond acceptors (Lipinski definition) is 7. The Labute approximate surface area is 224 Å². The highest BCUT2D eigenvalue weighted by Crippen LogP contribution is 2.21. The van der Waals surface area contributed by atoms with Crippen molar-refractivity contribution in [2.45, 2.75) is 44.2 Å². The summed E-state index contributed by atoms with van der Waals surface area (Å²) in [6.07, 6.45) is 1.80. The van der Waals surface area contributed by atoms with Crippen molar-refractivity contribution in [3.8, 4) is 11.5 Å². The molecule has 0 unspecified atom stereocenters. The lowest BCUT2D eigenvalue weighted by atomic mass is 10.1. The van der Waals surface area contributed by atoms with E-state index in [1.807, 2.05) is 19.1 Å². The Kier molecular flexibility index (Phi) is 10.9. The first kappa shape index (κ1) is 29.4. The predicted molar refractivity (Wildman–Crippen MR) is 142 cm³/mol. The molecule has 3 rings (SSSR count). The van der Waals surface area contributed by atoms with E-state index in [9.17, 15) is 18.0 Å². The van der Waals surface area contributed by atoms with E-state index < -0.39 is 16.1 Å². The van der Waals surface area contributed by atoms with E-state index in [-0.39, 0.29) is 29.9 Å². The van der Waals surface area contributed by atoms with E-state index in [0.29, 0.717) is 44.3 Å². The van der Waals surface area contributed by atoms with Gasteiger partial charge in [-0.2, -0.15) is 4.31 Å². The molecule has 11 heteroatoms. The second-order valence-corrected chi connectivity index (χ2v) is 10.9. The van der Waals surface area contributed by atoms with E-state index in [0.717, 1.165) is 18.4 Å². The van der Waals surface area contributed by atoms with Crippen LogP contribution in [0.3, 0.4) is 0 Å². The van der Waals surface area contributed by atoms with Crippen LogP contribution in [-0.2, 0) is 30.9 Å². The second-order valence-electron chi connectivity index (χ2n) is 8.97. The molecule has 38 heavy (non-hydrogen) atoms. The Balaban J connectivity index is 1.67. The van der Waals surface area contributed by atoms with Crippen LogP contribution in [0.5, 0.6) is 11.5 Å². The van der Waals surface area contributed by atoms with Crippen molar-refractivity contribution < 1.29 is 32.2 Å². The fraction of sp³-hybridized carbons (Fsp3) is 0.481. The number of nitrogens with one attached hydrogen (secondary N) is 1. The van der Waals surface area contributed by atoms with Gasteiger partial charge in [-0.3, -0.25) is 9.59 Å². The normalized spacial score (nSPS) is 14.9. The number of carbonyl (C=O) groups is 2. The summed E-state index contributed by atoms with van der Waals surface area (Å²) in [6.45, 7) is 5.52. The third-order valence-electron chi connectivity index (χ3n) is 6.30. The zero-order valence-corrected chi connectivity index (χ0v) is 23.0. The zero-order valence-electron chi connectivity index (χ0n) is 22.2. The van der Waals surface area contributed by atoms with Gasteiger partial charge in [-0.05, 0) is 55.3 Å².